The maximum atomic E-state index is 11.1. The van der Waals surface area contributed by atoms with Gasteiger partial charge in [0.1, 0.15) is 0 Å². The van der Waals surface area contributed by atoms with E-state index in [9.17, 15) is 4.79 Å². The Morgan fingerprint density at radius 3 is 2.43 bits per heavy atom. The van der Waals surface area contributed by atoms with Gasteiger partial charge in [0.15, 0.2) is 0 Å². The maximum Gasteiger partial charge on any atom is 0.310 e. The number of carbonyl (C=O) groups is 1. The van der Waals surface area contributed by atoms with E-state index in [1.54, 1.807) is 0 Å². The van der Waals surface area contributed by atoms with Crippen LogP contribution in [0.25, 0.3) is 0 Å². The SMILES string of the molecule is O=C(O)C1(CN2CCOCC2)CCC1. The highest BCUT2D eigenvalue weighted by Gasteiger charge is 2.45. The van der Waals surface area contributed by atoms with Crippen LogP contribution in [-0.2, 0) is 9.53 Å². The van der Waals surface area contributed by atoms with Crippen molar-refractivity contribution in [3.8, 4) is 0 Å². The molecule has 2 rings (SSSR count). The van der Waals surface area contributed by atoms with Crippen LogP contribution >= 0.6 is 0 Å². The van der Waals surface area contributed by atoms with Crippen molar-refractivity contribution in [1.82, 2.24) is 4.90 Å². The number of nitrogens with zero attached hydrogens (tertiary/aromatic N) is 1. The Morgan fingerprint density at radius 2 is 2.00 bits per heavy atom. The molecule has 0 radical (unpaired) electrons. The first-order valence-corrected chi connectivity index (χ1v) is 5.26. The number of carboxylic acid groups (broad SMARTS) is 1. The van der Waals surface area contributed by atoms with Crippen molar-refractivity contribution in [3.05, 3.63) is 0 Å². The van der Waals surface area contributed by atoms with Crippen LogP contribution in [0, 0.1) is 5.41 Å². The standard InChI is InChI=1S/C10H17NO3/c12-9(13)10(2-1-3-10)8-11-4-6-14-7-5-11/h1-8H2,(H,12,13). The first kappa shape index (κ1) is 9.93. The van der Waals surface area contributed by atoms with E-state index in [4.69, 9.17) is 9.84 Å². The van der Waals surface area contributed by atoms with E-state index < -0.39 is 11.4 Å². The van der Waals surface area contributed by atoms with Gasteiger partial charge in [0.25, 0.3) is 0 Å². The zero-order chi connectivity index (χ0) is 10.0. The molecule has 1 saturated heterocycles. The minimum atomic E-state index is -0.616. The highest BCUT2D eigenvalue weighted by atomic mass is 16.5. The summed E-state index contributed by atoms with van der Waals surface area (Å²) in [7, 11) is 0. The third-order valence-electron chi connectivity index (χ3n) is 3.39. The van der Waals surface area contributed by atoms with E-state index in [1.807, 2.05) is 0 Å². The van der Waals surface area contributed by atoms with Gasteiger partial charge < -0.3 is 9.84 Å². The van der Waals surface area contributed by atoms with Crippen LogP contribution in [0.4, 0.5) is 0 Å². The second kappa shape index (κ2) is 3.87. The maximum absolute atomic E-state index is 11.1. The molecule has 1 saturated carbocycles. The van der Waals surface area contributed by atoms with Gasteiger partial charge in [-0.15, -0.1) is 0 Å². The monoisotopic (exact) mass is 199 g/mol. The number of aliphatic carboxylic acids is 1. The summed E-state index contributed by atoms with van der Waals surface area (Å²) in [6.07, 6.45) is 2.76. The summed E-state index contributed by atoms with van der Waals surface area (Å²) in [5.74, 6) is -0.616. The van der Waals surface area contributed by atoms with Crippen molar-refractivity contribution in [2.24, 2.45) is 5.41 Å². The summed E-state index contributed by atoms with van der Waals surface area (Å²) >= 11 is 0. The summed E-state index contributed by atoms with van der Waals surface area (Å²) in [5, 5.41) is 9.16. The minimum absolute atomic E-state index is 0.433. The summed E-state index contributed by atoms with van der Waals surface area (Å²) in [5.41, 5.74) is -0.433. The molecule has 0 unspecified atom stereocenters. The van der Waals surface area contributed by atoms with Gasteiger partial charge in [0.05, 0.1) is 18.6 Å². The highest BCUT2D eigenvalue weighted by Crippen LogP contribution is 2.41. The minimum Gasteiger partial charge on any atom is -0.481 e. The first-order valence-electron chi connectivity index (χ1n) is 5.26. The molecular weight excluding hydrogens is 182 g/mol. The Labute approximate surface area is 83.8 Å². The van der Waals surface area contributed by atoms with Gasteiger partial charge in [0.2, 0.25) is 0 Å². The third-order valence-corrected chi connectivity index (χ3v) is 3.39. The fourth-order valence-corrected chi connectivity index (χ4v) is 2.23. The average molecular weight is 199 g/mol. The van der Waals surface area contributed by atoms with Crippen molar-refractivity contribution in [2.75, 3.05) is 32.8 Å². The van der Waals surface area contributed by atoms with E-state index >= 15 is 0 Å². The lowest BCUT2D eigenvalue weighted by Gasteiger charge is -2.42. The van der Waals surface area contributed by atoms with E-state index in [0.717, 1.165) is 45.6 Å². The van der Waals surface area contributed by atoms with Gasteiger partial charge in [-0.25, -0.2) is 0 Å². The molecular formula is C10H17NO3. The predicted molar refractivity (Wildman–Crippen MR) is 51.2 cm³/mol. The van der Waals surface area contributed by atoms with Crippen molar-refractivity contribution in [2.45, 2.75) is 19.3 Å². The van der Waals surface area contributed by atoms with Gasteiger partial charge in [-0.2, -0.15) is 0 Å². The van der Waals surface area contributed by atoms with Crippen molar-refractivity contribution >= 4 is 5.97 Å². The normalized spacial score (nSPS) is 26.9. The van der Waals surface area contributed by atoms with E-state index in [1.165, 1.54) is 0 Å². The zero-order valence-electron chi connectivity index (χ0n) is 8.37. The molecule has 1 aliphatic carbocycles. The Hall–Kier alpha value is -0.610. The molecule has 0 spiro atoms. The lowest BCUT2D eigenvalue weighted by molar-refractivity contribution is -0.157. The molecule has 0 aromatic rings. The van der Waals surface area contributed by atoms with Crippen LogP contribution in [0.15, 0.2) is 0 Å². The molecule has 1 aliphatic heterocycles. The lowest BCUT2D eigenvalue weighted by atomic mass is 9.68. The molecule has 0 bridgehead atoms. The Bertz CT molecular complexity index is 219. The van der Waals surface area contributed by atoms with Gasteiger partial charge in [-0.05, 0) is 12.8 Å². The molecule has 2 fully saturated rings. The second-order valence-corrected chi connectivity index (χ2v) is 4.33. The zero-order valence-corrected chi connectivity index (χ0v) is 8.37. The number of morpholine rings is 1. The molecule has 4 heteroatoms. The van der Waals surface area contributed by atoms with Crippen LogP contribution in [0.1, 0.15) is 19.3 Å². The summed E-state index contributed by atoms with van der Waals surface area (Å²) in [4.78, 5) is 13.3. The van der Waals surface area contributed by atoms with E-state index in [-0.39, 0.29) is 0 Å². The second-order valence-electron chi connectivity index (χ2n) is 4.33. The number of ether oxygens (including phenoxy) is 1. The lowest BCUT2D eigenvalue weighted by Crippen LogP contribution is -2.50. The third kappa shape index (κ3) is 1.77. The summed E-state index contributed by atoms with van der Waals surface area (Å²) < 4.78 is 5.24. The highest BCUT2D eigenvalue weighted by molar-refractivity contribution is 5.76. The van der Waals surface area contributed by atoms with Gasteiger partial charge in [0, 0.05) is 19.6 Å². The molecule has 4 nitrogen and oxygen atoms in total. The Morgan fingerprint density at radius 1 is 1.36 bits per heavy atom. The quantitative estimate of drug-likeness (QED) is 0.722. The van der Waals surface area contributed by atoms with Crippen LogP contribution in [0.3, 0.4) is 0 Å². The van der Waals surface area contributed by atoms with Crippen molar-refractivity contribution < 1.29 is 14.6 Å². The molecule has 80 valence electrons. The summed E-state index contributed by atoms with van der Waals surface area (Å²) in [6.45, 7) is 3.97. The molecule has 1 heterocycles. The number of rotatable bonds is 3. The van der Waals surface area contributed by atoms with E-state index in [0.29, 0.717) is 6.54 Å². The number of hydrogen-bond donors (Lipinski definition) is 1. The van der Waals surface area contributed by atoms with Gasteiger partial charge in [-0.1, -0.05) is 6.42 Å². The molecule has 14 heavy (non-hydrogen) atoms. The molecule has 0 atom stereocenters. The van der Waals surface area contributed by atoms with Crippen LogP contribution in [-0.4, -0.2) is 48.8 Å². The van der Waals surface area contributed by atoms with E-state index in [2.05, 4.69) is 4.90 Å². The van der Waals surface area contributed by atoms with Crippen LogP contribution in [0.5, 0.6) is 0 Å². The smallest absolute Gasteiger partial charge is 0.310 e. The van der Waals surface area contributed by atoms with Gasteiger partial charge in [-0.3, -0.25) is 9.69 Å². The molecule has 0 aromatic carbocycles. The Kier molecular flexibility index (Phi) is 2.74. The van der Waals surface area contributed by atoms with Crippen molar-refractivity contribution in [3.63, 3.8) is 0 Å². The molecule has 1 N–H and O–H groups in total. The topological polar surface area (TPSA) is 49.8 Å². The van der Waals surface area contributed by atoms with Crippen LogP contribution < -0.4 is 0 Å². The average Bonchev–Trinajstić information content (AvgIpc) is 2.12. The molecule has 0 amide bonds. The van der Waals surface area contributed by atoms with Crippen LogP contribution in [0.2, 0.25) is 0 Å². The molecule has 0 aromatic heterocycles. The fraction of sp³-hybridized carbons (Fsp3) is 0.900. The summed E-state index contributed by atoms with van der Waals surface area (Å²) in [6, 6.07) is 0. The molecule has 2 aliphatic rings. The largest absolute Gasteiger partial charge is 0.481 e. The predicted octanol–water partition coefficient (Wildman–Crippen LogP) is 0.573. The van der Waals surface area contributed by atoms with Crippen molar-refractivity contribution in [1.29, 1.82) is 0 Å². The first-order chi connectivity index (χ1) is 6.73. The Balaban J connectivity index is 1.90. The fourth-order valence-electron chi connectivity index (χ4n) is 2.23. The number of carboxylic acids is 1. The number of hydrogen-bond acceptors (Lipinski definition) is 3. The van der Waals surface area contributed by atoms with Gasteiger partial charge >= 0.3 is 5.97 Å².